The molecule has 1 atom stereocenters. The Morgan fingerprint density at radius 2 is 1.73 bits per heavy atom. The topological polar surface area (TPSA) is 17.1 Å². The first-order chi connectivity index (χ1) is 6.99. The van der Waals surface area contributed by atoms with E-state index in [1.54, 1.807) is 0 Å². The average Bonchev–Trinajstić information content (AvgIpc) is 2.16. The molecule has 1 unspecified atom stereocenters. The van der Waals surface area contributed by atoms with Gasteiger partial charge in [0.1, 0.15) is 0 Å². The Kier molecular flexibility index (Phi) is 7.25. The highest BCUT2D eigenvalue weighted by Gasteiger charge is 2.02. The highest BCUT2D eigenvalue weighted by atomic mass is 31.0. The van der Waals surface area contributed by atoms with E-state index >= 15 is 0 Å². The van der Waals surface area contributed by atoms with Crippen LogP contribution in [0.1, 0.15) is 43.6 Å². The van der Waals surface area contributed by atoms with E-state index in [1.807, 2.05) is 31.2 Å². The molecule has 0 fully saturated rings. The molecule has 0 radical (unpaired) electrons. The zero-order valence-electron chi connectivity index (χ0n) is 10.1. The minimum Gasteiger partial charge on any atom is -0.290 e. The quantitative estimate of drug-likeness (QED) is 0.696. The molecule has 0 aliphatic rings. The third-order valence-electron chi connectivity index (χ3n) is 1.66. The van der Waals surface area contributed by atoms with Crippen molar-refractivity contribution < 1.29 is 4.79 Å². The summed E-state index contributed by atoms with van der Waals surface area (Å²) in [6.45, 7) is 8.55. The number of carbonyl (C=O) groups excluding carboxylic acids is 1. The van der Waals surface area contributed by atoms with Crippen LogP contribution < -0.4 is 0 Å². The van der Waals surface area contributed by atoms with Crippen LogP contribution in [0.25, 0.3) is 0 Å². The molecule has 1 aromatic carbocycles. The van der Waals surface area contributed by atoms with E-state index < -0.39 is 0 Å². The first-order valence-electron chi connectivity index (χ1n) is 5.36. The van der Waals surface area contributed by atoms with Gasteiger partial charge in [-0.25, -0.2) is 0 Å². The third-order valence-corrected chi connectivity index (χ3v) is 1.97. The molecule has 0 bridgehead atoms. The molecule has 1 aromatic rings. The monoisotopic (exact) mass is 224 g/mol. The van der Waals surface area contributed by atoms with Gasteiger partial charge in [-0.2, -0.15) is 0 Å². The van der Waals surface area contributed by atoms with E-state index in [4.69, 9.17) is 0 Å². The number of carbonyl (C=O) groups is 1. The van der Waals surface area contributed by atoms with Crippen molar-refractivity contribution in [1.29, 1.82) is 0 Å². The highest BCUT2D eigenvalue weighted by molar-refractivity contribution is 7.41. The smallest absolute Gasteiger partial charge is 0.178 e. The van der Waals surface area contributed by atoms with E-state index in [9.17, 15) is 4.79 Å². The van der Waals surface area contributed by atoms with Crippen molar-refractivity contribution in [1.82, 2.24) is 0 Å². The minimum absolute atomic E-state index is 0.0717. The van der Waals surface area contributed by atoms with Gasteiger partial charge in [0.2, 0.25) is 0 Å². The molecular weight excluding hydrogens is 203 g/mol. The van der Waals surface area contributed by atoms with E-state index in [-0.39, 0.29) is 5.52 Å². The largest absolute Gasteiger partial charge is 0.290 e. The van der Waals surface area contributed by atoms with Crippen LogP contribution in [0.3, 0.4) is 0 Å². The Morgan fingerprint density at radius 3 is 2.07 bits per heavy atom. The zero-order valence-corrected chi connectivity index (χ0v) is 11.2. The summed E-state index contributed by atoms with van der Waals surface area (Å²) in [5.41, 5.74) is 2.01. The van der Waals surface area contributed by atoms with Gasteiger partial charge >= 0.3 is 0 Å². The molecule has 0 heterocycles. The Hall–Kier alpha value is -0.680. The van der Waals surface area contributed by atoms with Gasteiger partial charge in [0.05, 0.1) is 0 Å². The fraction of sp³-hybridized carbons (Fsp3) is 0.462. The van der Waals surface area contributed by atoms with Gasteiger partial charge in [0.15, 0.2) is 5.52 Å². The maximum atomic E-state index is 11.0. The third kappa shape index (κ3) is 6.41. The number of aryl methyl sites for hydroxylation is 1. The summed E-state index contributed by atoms with van der Waals surface area (Å²) in [7, 11) is 2.20. The van der Waals surface area contributed by atoms with Crippen molar-refractivity contribution in [2.45, 2.75) is 34.1 Å². The molecule has 15 heavy (non-hydrogen) atoms. The van der Waals surface area contributed by atoms with Gasteiger partial charge in [-0.15, -0.1) is 0 Å². The van der Waals surface area contributed by atoms with E-state index in [0.717, 1.165) is 23.5 Å². The molecule has 0 saturated carbocycles. The molecular formula is C13H21OP. The van der Waals surface area contributed by atoms with Gasteiger partial charge in [-0.05, 0) is 17.9 Å². The van der Waals surface area contributed by atoms with Crippen molar-refractivity contribution in [2.75, 3.05) is 0 Å². The number of rotatable bonds is 2. The van der Waals surface area contributed by atoms with Crippen LogP contribution in [-0.2, 0) is 6.42 Å². The first kappa shape index (κ1) is 14.3. The van der Waals surface area contributed by atoms with Crippen LogP contribution in [0, 0.1) is 5.92 Å². The van der Waals surface area contributed by atoms with E-state index in [1.165, 1.54) is 0 Å². The van der Waals surface area contributed by atoms with E-state index in [2.05, 4.69) is 30.0 Å². The second-order valence-electron chi connectivity index (χ2n) is 4.11. The molecule has 0 N–H and O–H groups in total. The van der Waals surface area contributed by atoms with Crippen molar-refractivity contribution in [3.8, 4) is 0 Å². The van der Waals surface area contributed by atoms with Crippen molar-refractivity contribution in [3.63, 3.8) is 0 Å². The number of hydrogen-bond donors (Lipinski definition) is 0. The molecule has 0 aliphatic carbocycles. The minimum atomic E-state index is 0.0717. The fourth-order valence-electron chi connectivity index (χ4n) is 1.07. The molecule has 0 amide bonds. The molecule has 2 heteroatoms. The van der Waals surface area contributed by atoms with Gasteiger partial charge in [-0.1, -0.05) is 61.2 Å². The summed E-state index contributed by atoms with van der Waals surface area (Å²) in [5, 5.41) is 0. The van der Waals surface area contributed by atoms with Gasteiger partial charge in [0.25, 0.3) is 0 Å². The molecule has 84 valence electrons. The summed E-state index contributed by atoms with van der Waals surface area (Å²) >= 11 is 0. The number of benzene rings is 1. The SMILES string of the molecule is CC(C)C.CCc1ccccc1C(=O)P. The summed E-state index contributed by atoms with van der Waals surface area (Å²) in [4.78, 5) is 11.0. The maximum Gasteiger partial charge on any atom is 0.178 e. The lowest BCUT2D eigenvalue weighted by Crippen LogP contribution is -1.94. The lowest BCUT2D eigenvalue weighted by molar-refractivity contribution is 0.108. The normalized spacial score (nSPS) is 9.47. The van der Waals surface area contributed by atoms with E-state index in [0.29, 0.717) is 0 Å². The average molecular weight is 224 g/mol. The Morgan fingerprint density at radius 1 is 1.27 bits per heavy atom. The molecule has 0 saturated heterocycles. The first-order valence-corrected chi connectivity index (χ1v) is 5.94. The lowest BCUT2D eigenvalue weighted by atomic mass is 10.1. The van der Waals surface area contributed by atoms with Crippen LogP contribution in [0.4, 0.5) is 0 Å². The lowest BCUT2D eigenvalue weighted by Gasteiger charge is -2.01. The van der Waals surface area contributed by atoms with Crippen molar-refractivity contribution in [3.05, 3.63) is 35.4 Å². The zero-order chi connectivity index (χ0) is 11.8. The Bertz CT molecular complexity index is 302. The van der Waals surface area contributed by atoms with Crippen LogP contribution >= 0.6 is 9.24 Å². The predicted molar refractivity (Wildman–Crippen MR) is 70.4 cm³/mol. The summed E-state index contributed by atoms with van der Waals surface area (Å²) in [5.74, 6) is 0.833. The fourth-order valence-corrected chi connectivity index (χ4v) is 1.35. The Labute approximate surface area is 95.5 Å². The number of hydrogen-bond acceptors (Lipinski definition) is 1. The molecule has 0 spiro atoms. The van der Waals surface area contributed by atoms with Gasteiger partial charge < -0.3 is 0 Å². The van der Waals surface area contributed by atoms with Crippen LogP contribution in [0.5, 0.6) is 0 Å². The summed E-state index contributed by atoms with van der Waals surface area (Å²) in [6, 6.07) is 7.68. The Balaban J connectivity index is 0.000000423. The molecule has 1 rings (SSSR count). The van der Waals surface area contributed by atoms with Gasteiger partial charge in [0, 0.05) is 5.56 Å². The highest BCUT2D eigenvalue weighted by Crippen LogP contribution is 2.12. The van der Waals surface area contributed by atoms with Crippen LogP contribution in [0.2, 0.25) is 0 Å². The summed E-state index contributed by atoms with van der Waals surface area (Å²) < 4.78 is 0. The summed E-state index contributed by atoms with van der Waals surface area (Å²) in [6.07, 6.45) is 0.913. The second kappa shape index (κ2) is 7.59. The van der Waals surface area contributed by atoms with Crippen LogP contribution in [0.15, 0.2) is 24.3 Å². The van der Waals surface area contributed by atoms with Crippen molar-refractivity contribution in [2.24, 2.45) is 5.92 Å². The molecule has 0 aromatic heterocycles. The second-order valence-corrected chi connectivity index (χ2v) is 4.63. The maximum absolute atomic E-state index is 11.0. The molecule has 0 aliphatic heterocycles. The van der Waals surface area contributed by atoms with Crippen LogP contribution in [-0.4, -0.2) is 5.52 Å². The van der Waals surface area contributed by atoms with Gasteiger partial charge in [-0.3, -0.25) is 4.79 Å². The molecule has 1 nitrogen and oxygen atoms in total. The standard InChI is InChI=1S/C9H11OP.C4H10/c1-2-7-5-3-4-6-8(7)9(10)11;1-4(2)3/h3-6H,2,11H2,1H3;4H,1-3H3. The predicted octanol–water partition coefficient (Wildman–Crippen LogP) is 3.93. The van der Waals surface area contributed by atoms with Crippen molar-refractivity contribution >= 4 is 14.8 Å².